The minimum absolute atomic E-state index is 0.0433. The lowest BCUT2D eigenvalue weighted by molar-refractivity contribution is -0.140. The number of nitrogens with zero attached hydrogens (tertiary/aromatic N) is 5. The van der Waals surface area contributed by atoms with Gasteiger partial charge in [-0.05, 0) is 55.8 Å². The summed E-state index contributed by atoms with van der Waals surface area (Å²) in [6.45, 7) is 7.68. The van der Waals surface area contributed by atoms with Crippen LogP contribution in [0.25, 0.3) is 21.3 Å². The van der Waals surface area contributed by atoms with Gasteiger partial charge < -0.3 is 9.80 Å². The van der Waals surface area contributed by atoms with Gasteiger partial charge in [-0.1, -0.05) is 6.58 Å². The van der Waals surface area contributed by atoms with Crippen LogP contribution in [0.15, 0.2) is 34.5 Å². The molecule has 4 heterocycles. The molecule has 2 unspecified atom stereocenters. The maximum absolute atomic E-state index is 14.6. The van der Waals surface area contributed by atoms with Gasteiger partial charge in [0.2, 0.25) is 5.91 Å². The molecule has 1 amide bonds. The average Bonchev–Trinajstić information content (AvgIpc) is 3.25. The Labute approximate surface area is 232 Å². The maximum Gasteiger partial charge on any atom is 0.434 e. The van der Waals surface area contributed by atoms with E-state index in [2.05, 4.69) is 15.9 Å². The van der Waals surface area contributed by atoms with E-state index >= 15 is 0 Å². The largest absolute Gasteiger partial charge is 0.434 e. The van der Waals surface area contributed by atoms with Crippen molar-refractivity contribution in [1.29, 1.82) is 0 Å². The molecule has 0 bridgehead atoms. The molecule has 1 fully saturated rings. The summed E-state index contributed by atoms with van der Waals surface area (Å²) in [5, 5.41) is 0.0727. The van der Waals surface area contributed by atoms with E-state index < -0.39 is 34.9 Å². The van der Waals surface area contributed by atoms with Crippen LogP contribution in [0.4, 0.5) is 32.2 Å². The number of hydrogen-bond donors (Lipinski definition) is 0. The Balaban J connectivity index is 1.79. The molecule has 15 heteroatoms. The van der Waals surface area contributed by atoms with E-state index in [1.54, 1.807) is 23.6 Å². The number of anilines is 1. The topological polar surface area (TPSA) is 71.3 Å². The highest BCUT2D eigenvalue weighted by atomic mass is 32.2. The summed E-state index contributed by atoms with van der Waals surface area (Å²) in [6, 6.07) is 0.768. The summed E-state index contributed by atoms with van der Waals surface area (Å²) in [5.41, 5.74) is -3.30. The lowest BCUT2D eigenvalue weighted by atomic mass is 10.00. The van der Waals surface area contributed by atoms with Crippen molar-refractivity contribution < 1.29 is 31.1 Å². The summed E-state index contributed by atoms with van der Waals surface area (Å²) >= 11 is 1.41. The zero-order chi connectivity index (χ0) is 29.1. The van der Waals surface area contributed by atoms with Gasteiger partial charge in [-0.3, -0.25) is 9.36 Å². The fraction of sp³-hybridized carbons (Fsp3) is 0.440. The van der Waals surface area contributed by atoms with Crippen molar-refractivity contribution in [2.75, 3.05) is 23.7 Å². The number of rotatable bonds is 3. The molecule has 214 valence electrons. The third kappa shape index (κ3) is 4.86. The van der Waals surface area contributed by atoms with Crippen molar-refractivity contribution in [2.24, 2.45) is 0 Å². The molecule has 2 atom stereocenters. The van der Waals surface area contributed by atoms with Crippen LogP contribution in [0.2, 0.25) is 0 Å². The van der Waals surface area contributed by atoms with E-state index in [1.165, 1.54) is 10.6 Å². The Bertz CT molecular complexity index is 1550. The summed E-state index contributed by atoms with van der Waals surface area (Å²) < 4.78 is 88.4. The van der Waals surface area contributed by atoms with Crippen LogP contribution in [-0.4, -0.2) is 55.7 Å². The van der Waals surface area contributed by atoms with Gasteiger partial charge >= 0.3 is 18.0 Å². The number of thioether (sulfide) groups is 1. The number of hydrogen-bond acceptors (Lipinski definition) is 7. The summed E-state index contributed by atoms with van der Waals surface area (Å²) in [4.78, 5) is 32.9. The first-order valence-electron chi connectivity index (χ1n) is 12.3. The molecule has 7 nitrogen and oxygen atoms in total. The molecule has 0 radical (unpaired) electrons. The first-order valence-corrected chi connectivity index (χ1v) is 14.0. The Morgan fingerprint density at radius 2 is 1.77 bits per heavy atom. The van der Waals surface area contributed by atoms with E-state index in [9.17, 15) is 35.9 Å². The van der Waals surface area contributed by atoms with Crippen molar-refractivity contribution in [3.63, 3.8) is 0 Å². The highest BCUT2D eigenvalue weighted by molar-refractivity contribution is 7.99. The lowest BCUT2D eigenvalue weighted by Gasteiger charge is -2.44. The minimum atomic E-state index is -4.93. The zero-order valence-corrected chi connectivity index (χ0v) is 22.9. The molecule has 40 heavy (non-hydrogen) atoms. The van der Waals surface area contributed by atoms with Crippen LogP contribution in [0, 0.1) is 0 Å². The van der Waals surface area contributed by atoms with Gasteiger partial charge in [0.1, 0.15) is 5.82 Å². The van der Waals surface area contributed by atoms with Gasteiger partial charge in [-0.2, -0.15) is 35.7 Å². The second kappa shape index (κ2) is 10.1. The number of aryl methyl sites for hydroxylation is 1. The van der Waals surface area contributed by atoms with Crippen molar-refractivity contribution in [3.05, 3.63) is 46.5 Å². The van der Waals surface area contributed by atoms with Crippen molar-refractivity contribution in [1.82, 2.24) is 18.8 Å². The number of amides is 1. The van der Waals surface area contributed by atoms with E-state index in [0.29, 0.717) is 29.8 Å². The van der Waals surface area contributed by atoms with E-state index in [4.69, 9.17) is 0 Å². The van der Waals surface area contributed by atoms with Crippen LogP contribution < -0.4 is 10.6 Å². The standard InChI is InChI=1S/C25H23F6N5O2S2/c1-4-18(37)36-12(2)10-34(11-13(36)3)22-14-8-15(24(26,27)28)19(16-9-17(33-40-16)25(29,30)31)21-20(14)35(23(38)32-22)6-5-7-39-21/h4,8-9,12-13H,1,5-7,10-11H2,2-3H3. The Hall–Kier alpha value is -3.07. The molecule has 1 aromatic carbocycles. The second-order valence-corrected chi connectivity index (χ2v) is 11.6. The monoisotopic (exact) mass is 603 g/mol. The number of alkyl halides is 6. The summed E-state index contributed by atoms with van der Waals surface area (Å²) in [6.07, 6.45) is -8.11. The maximum atomic E-state index is 14.6. The predicted molar refractivity (Wildman–Crippen MR) is 141 cm³/mol. The fourth-order valence-electron chi connectivity index (χ4n) is 5.41. The van der Waals surface area contributed by atoms with Crippen LogP contribution in [0.1, 0.15) is 31.5 Å². The van der Waals surface area contributed by atoms with Gasteiger partial charge in [0.25, 0.3) is 0 Å². The molecule has 1 saturated heterocycles. The van der Waals surface area contributed by atoms with Crippen molar-refractivity contribution in [2.45, 2.75) is 56.1 Å². The van der Waals surface area contributed by atoms with Gasteiger partial charge in [0, 0.05) is 47.6 Å². The quantitative estimate of drug-likeness (QED) is 0.284. The van der Waals surface area contributed by atoms with E-state index in [1.807, 2.05) is 0 Å². The van der Waals surface area contributed by atoms with Crippen molar-refractivity contribution >= 4 is 45.9 Å². The Kier molecular flexibility index (Phi) is 7.18. The van der Waals surface area contributed by atoms with Gasteiger partial charge in [-0.25, -0.2) is 4.79 Å². The molecule has 0 spiro atoms. The van der Waals surface area contributed by atoms with E-state index in [0.717, 1.165) is 17.8 Å². The molecule has 3 aromatic rings. The van der Waals surface area contributed by atoms with Gasteiger partial charge in [0.05, 0.1) is 16.0 Å². The SMILES string of the molecule is C=CC(=O)N1C(C)CN(c2nc(=O)n3c4c(c(-c5cc(C(F)(F)F)ns5)c(C(F)(F)F)cc24)SCCC3)CC1C. The molecule has 2 aliphatic heterocycles. The molecular weight excluding hydrogens is 580 g/mol. The molecular formula is C25H23F6N5O2S2. The average molecular weight is 604 g/mol. The number of aromatic nitrogens is 3. The third-order valence-corrected chi connectivity index (χ3v) is 8.96. The second-order valence-electron chi connectivity index (χ2n) is 9.72. The first-order chi connectivity index (χ1) is 18.7. The number of benzene rings is 1. The normalized spacial score (nSPS) is 20.1. The molecule has 0 saturated carbocycles. The van der Waals surface area contributed by atoms with E-state index in [-0.39, 0.29) is 64.1 Å². The minimum Gasteiger partial charge on any atom is -0.352 e. The molecule has 0 N–H and O–H groups in total. The molecule has 5 rings (SSSR count). The lowest BCUT2D eigenvalue weighted by Crippen LogP contribution is -2.58. The van der Waals surface area contributed by atoms with Crippen LogP contribution in [-0.2, 0) is 23.7 Å². The number of piperazine rings is 1. The fourth-order valence-corrected chi connectivity index (χ4v) is 7.49. The summed E-state index contributed by atoms with van der Waals surface area (Å²) in [5.74, 6) is 0.104. The van der Waals surface area contributed by atoms with Gasteiger partial charge in [-0.15, -0.1) is 11.8 Å². The number of carbonyl (C=O) groups excluding carboxylic acids is 1. The molecule has 0 aliphatic carbocycles. The highest BCUT2D eigenvalue weighted by Gasteiger charge is 2.41. The predicted octanol–water partition coefficient (Wildman–Crippen LogP) is 5.67. The van der Waals surface area contributed by atoms with Crippen LogP contribution in [0.3, 0.4) is 0 Å². The van der Waals surface area contributed by atoms with Crippen molar-refractivity contribution in [3.8, 4) is 10.4 Å². The first kappa shape index (κ1) is 28.5. The highest BCUT2D eigenvalue weighted by Crippen LogP contribution is 2.49. The van der Waals surface area contributed by atoms with Crippen LogP contribution in [0.5, 0.6) is 0 Å². The molecule has 2 aliphatic rings. The van der Waals surface area contributed by atoms with Crippen LogP contribution >= 0.6 is 23.3 Å². The van der Waals surface area contributed by atoms with Gasteiger partial charge in [0.15, 0.2) is 5.69 Å². The number of carbonyl (C=O) groups is 1. The smallest absolute Gasteiger partial charge is 0.352 e. The Morgan fingerprint density at radius 1 is 1.10 bits per heavy atom. The zero-order valence-electron chi connectivity index (χ0n) is 21.3. The number of halogens is 6. The molecule has 2 aromatic heterocycles. The summed E-state index contributed by atoms with van der Waals surface area (Å²) in [7, 11) is 0. The Morgan fingerprint density at radius 3 is 2.35 bits per heavy atom. The third-order valence-electron chi connectivity index (χ3n) is 6.97.